The summed E-state index contributed by atoms with van der Waals surface area (Å²) in [6, 6.07) is 4.59. The van der Waals surface area contributed by atoms with Gasteiger partial charge in [-0.25, -0.2) is 0 Å². The van der Waals surface area contributed by atoms with Crippen LogP contribution in [0.15, 0.2) is 35.0 Å². The zero-order chi connectivity index (χ0) is 13.7. The van der Waals surface area contributed by atoms with Crippen molar-refractivity contribution in [2.24, 2.45) is 5.92 Å². The van der Waals surface area contributed by atoms with E-state index in [-0.39, 0.29) is 5.92 Å². The molecule has 0 saturated carbocycles. The van der Waals surface area contributed by atoms with E-state index in [1.807, 2.05) is 12.3 Å². The highest BCUT2D eigenvalue weighted by Crippen LogP contribution is 2.27. The fourth-order valence-electron chi connectivity index (χ4n) is 1.77. The van der Waals surface area contributed by atoms with Crippen molar-refractivity contribution in [2.75, 3.05) is 6.54 Å². The lowest BCUT2D eigenvalue weighted by Gasteiger charge is -2.23. The van der Waals surface area contributed by atoms with Crippen LogP contribution in [-0.4, -0.2) is 17.6 Å². The molecule has 1 N–H and O–H groups in total. The molecule has 0 aliphatic carbocycles. The predicted molar refractivity (Wildman–Crippen MR) is 81.8 cm³/mol. The van der Waals surface area contributed by atoms with Crippen molar-refractivity contribution < 1.29 is 0 Å². The number of hydrogen-bond donors (Lipinski definition) is 1. The first-order valence-corrected chi connectivity index (χ1v) is 7.24. The maximum atomic E-state index is 4.51. The zero-order valence-electron chi connectivity index (χ0n) is 11.7. The monoisotopic (exact) mass is 310 g/mol. The van der Waals surface area contributed by atoms with Gasteiger partial charge in [0.25, 0.3) is 0 Å². The molecule has 2 nitrogen and oxygen atoms in total. The molecule has 0 aliphatic rings. The molecule has 0 unspecified atom stereocenters. The van der Waals surface area contributed by atoms with E-state index >= 15 is 0 Å². The largest absolute Gasteiger partial charge is 0.314 e. The first-order valence-electron chi connectivity index (χ1n) is 6.45. The lowest BCUT2D eigenvalue weighted by Crippen LogP contribution is -2.29. The Morgan fingerprint density at radius 1 is 1.33 bits per heavy atom. The van der Waals surface area contributed by atoms with Crippen LogP contribution in [0.2, 0.25) is 0 Å². The van der Waals surface area contributed by atoms with Crippen molar-refractivity contribution in [2.45, 2.75) is 39.7 Å². The Morgan fingerprint density at radius 2 is 2.00 bits per heavy atom. The molecule has 100 valence electrons. The van der Waals surface area contributed by atoms with Crippen LogP contribution in [0.4, 0.5) is 0 Å². The van der Waals surface area contributed by atoms with Crippen LogP contribution in [-0.2, 0) is 0 Å². The molecular formula is C15H23BrN2. The fraction of sp³-hybridized carbons (Fsp3) is 0.533. The summed E-state index contributed by atoms with van der Waals surface area (Å²) in [6.07, 6.45) is 1.85. The van der Waals surface area contributed by atoms with Gasteiger partial charge in [-0.2, -0.15) is 0 Å². The maximum absolute atomic E-state index is 4.51. The summed E-state index contributed by atoms with van der Waals surface area (Å²) in [6.45, 7) is 13.8. The molecule has 1 aromatic heterocycles. The molecular weight excluding hydrogens is 288 g/mol. The third kappa shape index (κ3) is 4.54. The van der Waals surface area contributed by atoms with Crippen LogP contribution in [0.5, 0.6) is 0 Å². The van der Waals surface area contributed by atoms with Gasteiger partial charge in [0.2, 0.25) is 0 Å². The number of rotatable bonds is 6. The van der Waals surface area contributed by atoms with E-state index in [1.165, 1.54) is 5.57 Å². The van der Waals surface area contributed by atoms with Gasteiger partial charge in [0.05, 0.1) is 0 Å². The second-order valence-electron chi connectivity index (χ2n) is 5.25. The molecule has 0 aromatic carbocycles. The molecule has 0 fully saturated rings. The van der Waals surface area contributed by atoms with Crippen molar-refractivity contribution in [1.82, 2.24) is 10.3 Å². The summed E-state index contributed by atoms with van der Waals surface area (Å²) >= 11 is 3.42. The third-order valence-corrected chi connectivity index (χ3v) is 3.50. The lowest BCUT2D eigenvalue weighted by molar-refractivity contribution is 0.529. The van der Waals surface area contributed by atoms with E-state index in [9.17, 15) is 0 Å². The number of nitrogens with one attached hydrogen (secondary N) is 1. The maximum Gasteiger partial charge on any atom is 0.0488 e. The Morgan fingerprint density at radius 3 is 2.44 bits per heavy atom. The molecule has 1 atom stereocenters. The molecule has 18 heavy (non-hydrogen) atoms. The van der Waals surface area contributed by atoms with E-state index in [0.29, 0.717) is 12.0 Å². The van der Waals surface area contributed by atoms with Crippen LogP contribution in [0.25, 0.3) is 0 Å². The zero-order valence-corrected chi connectivity index (χ0v) is 13.3. The van der Waals surface area contributed by atoms with E-state index in [0.717, 1.165) is 16.7 Å². The Hall–Kier alpha value is -0.670. The molecule has 1 rings (SSSR count). The SMILES string of the molecule is C=C(C(C)C)[C@@H](CNC(C)C)c1ccc(Br)cn1. The van der Waals surface area contributed by atoms with E-state index < -0.39 is 0 Å². The Kier molecular flexibility index (Phi) is 6.03. The van der Waals surface area contributed by atoms with Gasteiger partial charge < -0.3 is 5.32 Å². The van der Waals surface area contributed by atoms with Gasteiger partial charge in [0.15, 0.2) is 0 Å². The van der Waals surface area contributed by atoms with Crippen LogP contribution in [0, 0.1) is 5.92 Å². The smallest absolute Gasteiger partial charge is 0.0488 e. The van der Waals surface area contributed by atoms with E-state index in [2.05, 4.69) is 66.6 Å². The summed E-state index contributed by atoms with van der Waals surface area (Å²) in [4.78, 5) is 4.51. The molecule has 0 radical (unpaired) electrons. The molecule has 0 aliphatic heterocycles. The first-order chi connectivity index (χ1) is 8.41. The number of nitrogens with zero attached hydrogens (tertiary/aromatic N) is 1. The van der Waals surface area contributed by atoms with Crippen LogP contribution in [0.1, 0.15) is 39.3 Å². The summed E-state index contributed by atoms with van der Waals surface area (Å²) < 4.78 is 1.01. The molecule has 1 aromatic rings. The average Bonchev–Trinajstić information content (AvgIpc) is 2.30. The average molecular weight is 311 g/mol. The van der Waals surface area contributed by atoms with Crippen LogP contribution in [0.3, 0.4) is 0 Å². The van der Waals surface area contributed by atoms with Crippen molar-refractivity contribution in [1.29, 1.82) is 0 Å². The highest BCUT2D eigenvalue weighted by Gasteiger charge is 2.19. The van der Waals surface area contributed by atoms with Gasteiger partial charge in [0, 0.05) is 34.9 Å². The van der Waals surface area contributed by atoms with E-state index in [1.54, 1.807) is 0 Å². The molecule has 0 spiro atoms. The van der Waals surface area contributed by atoms with Crippen molar-refractivity contribution in [3.05, 3.63) is 40.6 Å². The standard InChI is InChI=1S/C15H23BrN2/c1-10(2)12(5)14(9-17-11(3)4)15-7-6-13(16)8-18-15/h6-8,10-11,14,17H,5,9H2,1-4H3/t14-/m1/s1. The van der Waals surface area contributed by atoms with Gasteiger partial charge in [-0.1, -0.05) is 39.8 Å². The van der Waals surface area contributed by atoms with Crippen molar-refractivity contribution >= 4 is 15.9 Å². The van der Waals surface area contributed by atoms with Gasteiger partial charge >= 0.3 is 0 Å². The van der Waals surface area contributed by atoms with E-state index in [4.69, 9.17) is 0 Å². The predicted octanol–water partition coefficient (Wildman–Crippen LogP) is 4.14. The van der Waals surface area contributed by atoms with Crippen LogP contribution >= 0.6 is 15.9 Å². The van der Waals surface area contributed by atoms with Gasteiger partial charge in [-0.15, -0.1) is 0 Å². The first kappa shape index (κ1) is 15.4. The summed E-state index contributed by atoms with van der Waals surface area (Å²) in [7, 11) is 0. The fourth-order valence-corrected chi connectivity index (χ4v) is 2.01. The lowest BCUT2D eigenvalue weighted by atomic mass is 9.88. The minimum Gasteiger partial charge on any atom is -0.314 e. The minimum absolute atomic E-state index is 0.278. The molecule has 0 bridgehead atoms. The Bertz CT molecular complexity index is 382. The molecule has 3 heteroatoms. The summed E-state index contributed by atoms with van der Waals surface area (Å²) in [5, 5.41) is 3.48. The molecule has 1 heterocycles. The highest BCUT2D eigenvalue weighted by atomic mass is 79.9. The van der Waals surface area contributed by atoms with Gasteiger partial charge in [-0.05, 0) is 34.0 Å². The normalized spacial score (nSPS) is 13.1. The van der Waals surface area contributed by atoms with Crippen LogP contribution < -0.4 is 5.32 Å². The highest BCUT2D eigenvalue weighted by molar-refractivity contribution is 9.10. The quantitative estimate of drug-likeness (QED) is 0.799. The van der Waals surface area contributed by atoms with Crippen molar-refractivity contribution in [3.63, 3.8) is 0 Å². The second-order valence-corrected chi connectivity index (χ2v) is 6.16. The topological polar surface area (TPSA) is 24.9 Å². The third-order valence-electron chi connectivity index (χ3n) is 3.03. The number of hydrogen-bond acceptors (Lipinski definition) is 2. The van der Waals surface area contributed by atoms with Gasteiger partial charge in [0.1, 0.15) is 0 Å². The van der Waals surface area contributed by atoms with Crippen molar-refractivity contribution in [3.8, 4) is 0 Å². The molecule has 0 amide bonds. The Balaban J connectivity index is 2.89. The summed E-state index contributed by atoms with van der Waals surface area (Å²) in [5.74, 6) is 0.745. The minimum atomic E-state index is 0.278. The number of aromatic nitrogens is 1. The molecule has 0 saturated heterocycles. The second kappa shape index (κ2) is 7.05. The number of pyridine rings is 1. The van der Waals surface area contributed by atoms with Gasteiger partial charge in [-0.3, -0.25) is 4.98 Å². The summed E-state index contributed by atoms with van der Waals surface area (Å²) in [5.41, 5.74) is 2.32. The number of halogens is 1. The Labute approximate surface area is 119 Å².